The smallest absolute Gasteiger partial charge is 0.306 e. The van der Waals surface area contributed by atoms with Gasteiger partial charge in [-0.25, -0.2) is 0 Å². The van der Waals surface area contributed by atoms with Gasteiger partial charge in [0.15, 0.2) is 6.10 Å². The molecule has 0 aliphatic carbocycles. The summed E-state index contributed by atoms with van der Waals surface area (Å²) < 4.78 is 16.9. The molecular formula is C75H132O6. The summed E-state index contributed by atoms with van der Waals surface area (Å²) in [6.07, 6.45) is 91.9. The minimum Gasteiger partial charge on any atom is -0.462 e. The van der Waals surface area contributed by atoms with E-state index in [2.05, 4.69) is 106 Å². The van der Waals surface area contributed by atoms with Gasteiger partial charge in [-0.15, -0.1) is 0 Å². The summed E-state index contributed by atoms with van der Waals surface area (Å²) in [5, 5.41) is 0. The first-order valence-corrected chi connectivity index (χ1v) is 35.1. The SMILES string of the molecule is CC/C=C\C/C=C\C/C=C\C/C=C\C/C=C\CCCCCCCC(=O)OC(COC(=O)CCCCCCC/C=C\C/C=C\CCCC)COC(=O)CCCCCCCCCCCCCCCCCCCCCCCCCCCCCC. The van der Waals surface area contributed by atoms with E-state index in [4.69, 9.17) is 14.2 Å². The Labute approximate surface area is 503 Å². The van der Waals surface area contributed by atoms with Crippen LogP contribution in [0.1, 0.15) is 355 Å². The summed E-state index contributed by atoms with van der Waals surface area (Å²) in [6, 6.07) is 0. The lowest BCUT2D eigenvalue weighted by Gasteiger charge is -2.18. The highest BCUT2D eigenvalue weighted by Crippen LogP contribution is 2.18. The Hall–Kier alpha value is -3.41. The molecule has 6 nitrogen and oxygen atoms in total. The molecule has 0 aliphatic heterocycles. The zero-order valence-corrected chi connectivity index (χ0v) is 53.8. The normalized spacial score (nSPS) is 12.6. The summed E-state index contributed by atoms with van der Waals surface area (Å²) in [5.41, 5.74) is 0. The van der Waals surface area contributed by atoms with Gasteiger partial charge in [0.1, 0.15) is 13.2 Å². The topological polar surface area (TPSA) is 78.9 Å². The lowest BCUT2D eigenvalue weighted by atomic mass is 10.0. The van der Waals surface area contributed by atoms with Crippen molar-refractivity contribution in [1.82, 2.24) is 0 Å². The van der Waals surface area contributed by atoms with E-state index in [1.165, 1.54) is 180 Å². The Bertz CT molecular complexity index is 1530. The molecule has 0 aliphatic rings. The van der Waals surface area contributed by atoms with Crippen molar-refractivity contribution >= 4 is 17.9 Å². The molecule has 0 amide bonds. The number of esters is 3. The van der Waals surface area contributed by atoms with Gasteiger partial charge >= 0.3 is 17.9 Å². The molecule has 0 radical (unpaired) electrons. The molecule has 468 valence electrons. The maximum absolute atomic E-state index is 12.9. The van der Waals surface area contributed by atoms with Gasteiger partial charge in [0.05, 0.1) is 0 Å². The van der Waals surface area contributed by atoms with Crippen LogP contribution in [-0.2, 0) is 28.6 Å². The summed E-state index contributed by atoms with van der Waals surface area (Å²) in [4.78, 5) is 38.4. The van der Waals surface area contributed by atoms with E-state index in [0.29, 0.717) is 19.3 Å². The maximum Gasteiger partial charge on any atom is 0.306 e. The molecule has 0 spiro atoms. The maximum atomic E-state index is 12.9. The zero-order valence-electron chi connectivity index (χ0n) is 53.8. The third-order valence-electron chi connectivity index (χ3n) is 15.4. The fraction of sp³-hybridized carbons (Fsp3) is 0.773. The van der Waals surface area contributed by atoms with E-state index >= 15 is 0 Å². The predicted molar refractivity (Wildman–Crippen MR) is 353 cm³/mol. The van der Waals surface area contributed by atoms with Crippen LogP contribution >= 0.6 is 0 Å². The molecule has 81 heavy (non-hydrogen) atoms. The number of carbonyl (C=O) groups is 3. The average Bonchev–Trinajstić information content (AvgIpc) is 3.47. The average molecular weight is 1130 g/mol. The molecule has 1 atom stereocenters. The van der Waals surface area contributed by atoms with Crippen LogP contribution in [-0.4, -0.2) is 37.2 Å². The Morgan fingerprint density at radius 3 is 0.790 bits per heavy atom. The third kappa shape index (κ3) is 67.3. The molecule has 0 fully saturated rings. The standard InChI is InChI=1S/C75H132O6/c1-4-7-10-13-16-19-22-25-28-30-32-34-35-36-37-38-39-40-42-43-45-47-50-53-56-59-62-65-68-74(77)80-71-72(70-79-73(76)67-64-61-58-55-52-49-27-24-21-18-15-12-9-6-3)81-75(78)69-66-63-60-57-54-51-48-46-44-41-33-31-29-26-23-20-17-14-11-8-5-2/h8,11,15,17-18,20,24,26-27,29,33,41,46,48,72H,4-7,9-10,12-14,16,19,21-23,25,28,30-32,34-40,42-45,47,49-71H2,1-3H3/b11-8-,18-15-,20-17-,27-24-,29-26-,41-33-,48-46-. The van der Waals surface area contributed by atoms with Crippen LogP contribution in [0.4, 0.5) is 0 Å². The first kappa shape index (κ1) is 77.6. The van der Waals surface area contributed by atoms with E-state index < -0.39 is 6.10 Å². The van der Waals surface area contributed by atoms with Crippen molar-refractivity contribution in [2.45, 2.75) is 361 Å². The molecule has 0 saturated carbocycles. The van der Waals surface area contributed by atoms with E-state index in [0.717, 1.165) is 135 Å². The van der Waals surface area contributed by atoms with Gasteiger partial charge in [0.25, 0.3) is 0 Å². The number of rotatable bonds is 64. The minimum atomic E-state index is -0.794. The van der Waals surface area contributed by atoms with Crippen molar-refractivity contribution < 1.29 is 28.6 Å². The Balaban J connectivity index is 4.28. The van der Waals surface area contributed by atoms with Crippen molar-refractivity contribution in [1.29, 1.82) is 0 Å². The van der Waals surface area contributed by atoms with Crippen molar-refractivity contribution in [2.75, 3.05) is 13.2 Å². The van der Waals surface area contributed by atoms with Crippen LogP contribution in [0.25, 0.3) is 0 Å². The number of carbonyl (C=O) groups excluding carboxylic acids is 3. The van der Waals surface area contributed by atoms with Crippen molar-refractivity contribution in [3.8, 4) is 0 Å². The predicted octanol–water partition coefficient (Wildman–Crippen LogP) is 24.2. The first-order valence-electron chi connectivity index (χ1n) is 35.1. The highest BCUT2D eigenvalue weighted by Gasteiger charge is 2.19. The van der Waals surface area contributed by atoms with E-state index in [-0.39, 0.29) is 31.1 Å². The number of allylic oxidation sites excluding steroid dienone is 14. The van der Waals surface area contributed by atoms with Crippen molar-refractivity contribution in [3.05, 3.63) is 85.1 Å². The van der Waals surface area contributed by atoms with Crippen LogP contribution in [0.3, 0.4) is 0 Å². The second kappa shape index (κ2) is 69.1. The summed E-state index contributed by atoms with van der Waals surface area (Å²) in [6.45, 7) is 6.51. The van der Waals surface area contributed by atoms with E-state index in [1.807, 2.05) is 0 Å². The molecule has 0 N–H and O–H groups in total. The summed E-state index contributed by atoms with van der Waals surface area (Å²) in [5.74, 6) is -0.904. The second-order valence-corrected chi connectivity index (χ2v) is 23.4. The van der Waals surface area contributed by atoms with E-state index in [1.54, 1.807) is 0 Å². The minimum absolute atomic E-state index is 0.0865. The monoisotopic (exact) mass is 1130 g/mol. The van der Waals surface area contributed by atoms with Crippen LogP contribution in [0.2, 0.25) is 0 Å². The summed E-state index contributed by atoms with van der Waals surface area (Å²) >= 11 is 0. The second-order valence-electron chi connectivity index (χ2n) is 23.4. The Morgan fingerprint density at radius 2 is 0.494 bits per heavy atom. The molecule has 0 bridgehead atoms. The molecule has 0 heterocycles. The first-order chi connectivity index (χ1) is 40.0. The van der Waals surface area contributed by atoms with Gasteiger partial charge in [-0.2, -0.15) is 0 Å². The molecule has 0 rings (SSSR count). The van der Waals surface area contributed by atoms with Gasteiger partial charge in [-0.1, -0.05) is 331 Å². The number of ether oxygens (including phenoxy) is 3. The van der Waals surface area contributed by atoms with Crippen molar-refractivity contribution in [2.24, 2.45) is 0 Å². The van der Waals surface area contributed by atoms with Gasteiger partial charge < -0.3 is 14.2 Å². The van der Waals surface area contributed by atoms with Gasteiger partial charge in [0, 0.05) is 19.3 Å². The van der Waals surface area contributed by atoms with Gasteiger partial charge in [0.2, 0.25) is 0 Å². The van der Waals surface area contributed by atoms with Gasteiger partial charge in [-0.05, 0) is 89.9 Å². The van der Waals surface area contributed by atoms with Crippen LogP contribution in [0.5, 0.6) is 0 Å². The quantitative estimate of drug-likeness (QED) is 0.0261. The van der Waals surface area contributed by atoms with E-state index in [9.17, 15) is 14.4 Å². The largest absolute Gasteiger partial charge is 0.462 e. The Morgan fingerprint density at radius 1 is 0.259 bits per heavy atom. The van der Waals surface area contributed by atoms with Crippen LogP contribution in [0, 0.1) is 0 Å². The molecule has 0 aromatic heterocycles. The van der Waals surface area contributed by atoms with Crippen molar-refractivity contribution in [3.63, 3.8) is 0 Å². The number of hydrogen-bond donors (Lipinski definition) is 0. The lowest BCUT2D eigenvalue weighted by molar-refractivity contribution is -0.167. The molecule has 0 aromatic rings. The number of hydrogen-bond acceptors (Lipinski definition) is 6. The highest BCUT2D eigenvalue weighted by atomic mass is 16.6. The molecule has 0 aromatic carbocycles. The zero-order chi connectivity index (χ0) is 58.5. The fourth-order valence-electron chi connectivity index (χ4n) is 10.1. The molecule has 6 heteroatoms. The molecule has 1 unspecified atom stereocenters. The fourth-order valence-corrected chi connectivity index (χ4v) is 10.1. The van der Waals surface area contributed by atoms with Crippen LogP contribution in [0.15, 0.2) is 85.1 Å². The van der Waals surface area contributed by atoms with Crippen LogP contribution < -0.4 is 0 Å². The lowest BCUT2D eigenvalue weighted by Crippen LogP contribution is -2.30. The highest BCUT2D eigenvalue weighted by molar-refractivity contribution is 5.71. The summed E-state index contributed by atoms with van der Waals surface area (Å²) in [7, 11) is 0. The molecule has 0 saturated heterocycles. The third-order valence-corrected chi connectivity index (χ3v) is 15.4. The number of unbranched alkanes of at least 4 members (excludes halogenated alkanes) is 39. The van der Waals surface area contributed by atoms with Gasteiger partial charge in [-0.3, -0.25) is 14.4 Å². The Kier molecular flexibility index (Phi) is 66.2. The molecular weight excluding hydrogens is 997 g/mol.